The average Bonchev–Trinajstić information content (AvgIpc) is 2.05. The average molecular weight is 214 g/mol. The molecule has 1 aromatic carbocycles. The summed E-state index contributed by atoms with van der Waals surface area (Å²) in [6.45, 7) is 0. The second-order valence-electron chi connectivity index (χ2n) is 2.20. The highest BCUT2D eigenvalue weighted by Gasteiger charge is 2.03. The Hall–Kier alpha value is -0.830. The number of aldehydes is 1. The maximum absolute atomic E-state index is 10.3. The van der Waals surface area contributed by atoms with Crippen molar-refractivity contribution in [2.45, 2.75) is 4.83 Å². The Morgan fingerprint density at radius 2 is 1.91 bits per heavy atom. The van der Waals surface area contributed by atoms with E-state index in [4.69, 9.17) is 5.73 Å². The lowest BCUT2D eigenvalue weighted by Gasteiger charge is -2.01. The first-order valence-electron chi connectivity index (χ1n) is 3.19. The summed E-state index contributed by atoms with van der Waals surface area (Å²) < 4.78 is 0. The van der Waals surface area contributed by atoms with Gasteiger partial charge in [0.15, 0.2) is 0 Å². The monoisotopic (exact) mass is 213 g/mol. The van der Waals surface area contributed by atoms with Crippen LogP contribution in [-0.2, 0) is 4.79 Å². The van der Waals surface area contributed by atoms with E-state index >= 15 is 0 Å². The number of halogens is 1. The van der Waals surface area contributed by atoms with Gasteiger partial charge in [0, 0.05) is 5.69 Å². The molecule has 3 heteroatoms. The minimum absolute atomic E-state index is 0.219. The fraction of sp³-hybridized carbons (Fsp3) is 0.125. The van der Waals surface area contributed by atoms with Crippen molar-refractivity contribution < 1.29 is 4.79 Å². The fourth-order valence-electron chi connectivity index (χ4n) is 0.758. The van der Waals surface area contributed by atoms with Crippen LogP contribution in [0.4, 0.5) is 5.69 Å². The van der Waals surface area contributed by atoms with E-state index in [1.807, 2.05) is 12.1 Å². The summed E-state index contributed by atoms with van der Waals surface area (Å²) in [7, 11) is 0. The molecule has 0 bridgehead atoms. The number of alkyl halides is 1. The largest absolute Gasteiger partial charge is 0.399 e. The van der Waals surface area contributed by atoms with Gasteiger partial charge >= 0.3 is 0 Å². The topological polar surface area (TPSA) is 43.1 Å². The molecule has 0 aliphatic heterocycles. The van der Waals surface area contributed by atoms with Crippen molar-refractivity contribution in [2.24, 2.45) is 0 Å². The van der Waals surface area contributed by atoms with E-state index in [-0.39, 0.29) is 4.83 Å². The molecule has 1 rings (SSSR count). The van der Waals surface area contributed by atoms with Gasteiger partial charge in [-0.05, 0) is 17.7 Å². The molecule has 0 aliphatic rings. The van der Waals surface area contributed by atoms with Crippen LogP contribution in [-0.4, -0.2) is 6.29 Å². The number of carbonyl (C=O) groups is 1. The van der Waals surface area contributed by atoms with Crippen LogP contribution in [0.5, 0.6) is 0 Å². The number of nitrogens with two attached hydrogens (primary N) is 1. The van der Waals surface area contributed by atoms with Crippen LogP contribution in [0, 0.1) is 0 Å². The van der Waals surface area contributed by atoms with Gasteiger partial charge in [0.25, 0.3) is 0 Å². The van der Waals surface area contributed by atoms with Gasteiger partial charge in [-0.15, -0.1) is 0 Å². The molecule has 11 heavy (non-hydrogen) atoms. The Bertz CT molecular complexity index is 245. The Morgan fingerprint density at radius 1 is 1.36 bits per heavy atom. The van der Waals surface area contributed by atoms with Crippen molar-refractivity contribution in [1.82, 2.24) is 0 Å². The molecule has 0 fully saturated rings. The van der Waals surface area contributed by atoms with Gasteiger partial charge in [0.05, 0.1) is 4.83 Å². The minimum Gasteiger partial charge on any atom is -0.399 e. The van der Waals surface area contributed by atoms with Gasteiger partial charge in [0.1, 0.15) is 6.29 Å². The highest BCUT2D eigenvalue weighted by Crippen LogP contribution is 2.20. The first-order valence-corrected chi connectivity index (χ1v) is 4.10. The van der Waals surface area contributed by atoms with Crippen LogP contribution in [0.3, 0.4) is 0 Å². The normalized spacial score (nSPS) is 12.5. The maximum atomic E-state index is 10.3. The molecular weight excluding hydrogens is 206 g/mol. The van der Waals surface area contributed by atoms with E-state index in [9.17, 15) is 4.79 Å². The van der Waals surface area contributed by atoms with Gasteiger partial charge < -0.3 is 10.5 Å². The van der Waals surface area contributed by atoms with Crippen molar-refractivity contribution in [3.63, 3.8) is 0 Å². The standard InChI is InChI=1S/C8H8BrNO/c9-8(5-11)6-1-3-7(10)4-2-6/h1-5,8H,10H2. The number of benzene rings is 1. The Kier molecular flexibility index (Phi) is 2.65. The van der Waals surface area contributed by atoms with Gasteiger partial charge in [0.2, 0.25) is 0 Å². The van der Waals surface area contributed by atoms with Crippen molar-refractivity contribution in [2.75, 3.05) is 5.73 Å². The second kappa shape index (κ2) is 3.53. The summed E-state index contributed by atoms with van der Waals surface area (Å²) in [5, 5.41) is 0. The summed E-state index contributed by atoms with van der Waals surface area (Å²) in [6, 6.07) is 7.19. The van der Waals surface area contributed by atoms with Gasteiger partial charge in [-0.25, -0.2) is 0 Å². The Balaban J connectivity index is 2.89. The molecule has 1 atom stereocenters. The molecule has 0 radical (unpaired) electrons. The molecule has 0 aliphatic carbocycles. The van der Waals surface area contributed by atoms with Crippen LogP contribution >= 0.6 is 15.9 Å². The van der Waals surface area contributed by atoms with Crippen molar-refractivity contribution in [3.05, 3.63) is 29.8 Å². The molecular formula is C8H8BrNO. The third-order valence-electron chi connectivity index (χ3n) is 1.37. The fourth-order valence-corrected chi connectivity index (χ4v) is 1.06. The number of carbonyl (C=O) groups excluding carboxylic acids is 1. The maximum Gasteiger partial charge on any atom is 0.138 e. The van der Waals surface area contributed by atoms with Gasteiger partial charge in [-0.1, -0.05) is 28.1 Å². The molecule has 1 unspecified atom stereocenters. The van der Waals surface area contributed by atoms with Crippen LogP contribution in [0.1, 0.15) is 10.4 Å². The van der Waals surface area contributed by atoms with Crippen LogP contribution in [0.25, 0.3) is 0 Å². The number of anilines is 1. The zero-order valence-corrected chi connectivity index (χ0v) is 7.41. The molecule has 0 amide bonds. The molecule has 58 valence electrons. The lowest BCUT2D eigenvalue weighted by atomic mass is 10.1. The molecule has 2 N–H and O–H groups in total. The van der Waals surface area contributed by atoms with E-state index in [2.05, 4.69) is 15.9 Å². The third kappa shape index (κ3) is 2.05. The third-order valence-corrected chi connectivity index (χ3v) is 2.12. The first-order chi connectivity index (χ1) is 5.24. The summed E-state index contributed by atoms with van der Waals surface area (Å²) in [5.74, 6) is 0. The number of rotatable bonds is 2. The Morgan fingerprint density at radius 3 is 2.36 bits per heavy atom. The minimum atomic E-state index is -0.219. The Labute approximate surface area is 73.5 Å². The van der Waals surface area contributed by atoms with Gasteiger partial charge in [-0.3, -0.25) is 0 Å². The van der Waals surface area contributed by atoms with E-state index in [0.29, 0.717) is 5.69 Å². The highest BCUT2D eigenvalue weighted by atomic mass is 79.9. The van der Waals surface area contributed by atoms with E-state index in [1.54, 1.807) is 12.1 Å². The SMILES string of the molecule is Nc1ccc(C(Br)C=O)cc1. The van der Waals surface area contributed by atoms with E-state index < -0.39 is 0 Å². The summed E-state index contributed by atoms with van der Waals surface area (Å²) in [4.78, 5) is 10.1. The van der Waals surface area contributed by atoms with Gasteiger partial charge in [-0.2, -0.15) is 0 Å². The predicted octanol–water partition coefficient (Wildman–Crippen LogP) is 1.90. The number of hydrogen-bond donors (Lipinski definition) is 1. The zero-order valence-electron chi connectivity index (χ0n) is 5.83. The molecule has 0 heterocycles. The van der Waals surface area contributed by atoms with Crippen molar-refractivity contribution in [1.29, 1.82) is 0 Å². The highest BCUT2D eigenvalue weighted by molar-refractivity contribution is 9.09. The molecule has 0 saturated carbocycles. The quantitative estimate of drug-likeness (QED) is 0.464. The lowest BCUT2D eigenvalue weighted by Crippen LogP contribution is -1.91. The number of nitrogen functional groups attached to an aromatic ring is 1. The molecule has 1 aromatic rings. The lowest BCUT2D eigenvalue weighted by molar-refractivity contribution is -0.107. The van der Waals surface area contributed by atoms with Crippen LogP contribution in [0.2, 0.25) is 0 Å². The van der Waals surface area contributed by atoms with Crippen molar-refractivity contribution >= 4 is 27.9 Å². The predicted molar refractivity (Wildman–Crippen MR) is 48.6 cm³/mol. The second-order valence-corrected chi connectivity index (χ2v) is 3.19. The first kappa shape index (κ1) is 8.27. The molecule has 0 spiro atoms. The molecule has 2 nitrogen and oxygen atoms in total. The molecule has 0 saturated heterocycles. The van der Waals surface area contributed by atoms with Crippen molar-refractivity contribution in [3.8, 4) is 0 Å². The van der Waals surface area contributed by atoms with Crippen LogP contribution < -0.4 is 5.73 Å². The van der Waals surface area contributed by atoms with E-state index in [0.717, 1.165) is 11.8 Å². The smallest absolute Gasteiger partial charge is 0.138 e. The summed E-state index contributed by atoms with van der Waals surface area (Å²) in [6.07, 6.45) is 0.839. The number of hydrogen-bond acceptors (Lipinski definition) is 2. The van der Waals surface area contributed by atoms with Crippen LogP contribution in [0.15, 0.2) is 24.3 Å². The zero-order chi connectivity index (χ0) is 8.27. The summed E-state index contributed by atoms with van der Waals surface area (Å²) in [5.41, 5.74) is 7.10. The van der Waals surface area contributed by atoms with E-state index in [1.165, 1.54) is 0 Å². The molecule has 0 aromatic heterocycles. The summed E-state index contributed by atoms with van der Waals surface area (Å²) >= 11 is 3.20.